The number of aromatic nitrogens is 2. The van der Waals surface area contributed by atoms with Gasteiger partial charge in [0.05, 0.1) is 0 Å². The maximum atomic E-state index is 13.1. The highest BCUT2D eigenvalue weighted by Crippen LogP contribution is 2.16. The summed E-state index contributed by atoms with van der Waals surface area (Å²) in [4.78, 5) is 46.5. The van der Waals surface area contributed by atoms with Crippen LogP contribution in [0.5, 0.6) is 0 Å². The molecule has 2 N–H and O–H groups in total. The molecule has 0 radical (unpaired) electrons. The summed E-state index contributed by atoms with van der Waals surface area (Å²) in [5, 5.41) is 2.80. The van der Waals surface area contributed by atoms with E-state index in [4.69, 9.17) is 0 Å². The van der Waals surface area contributed by atoms with Gasteiger partial charge >= 0.3 is 0 Å². The first-order valence-electron chi connectivity index (χ1n) is 9.41. The number of hydrogen-bond acceptors (Lipinski definition) is 4. The van der Waals surface area contributed by atoms with Crippen molar-refractivity contribution in [1.29, 1.82) is 0 Å². The lowest BCUT2D eigenvalue weighted by Crippen LogP contribution is -2.58. The molecule has 4 rings (SSSR count). The van der Waals surface area contributed by atoms with E-state index >= 15 is 0 Å². The molecule has 0 unspecified atom stereocenters. The van der Waals surface area contributed by atoms with Crippen LogP contribution in [0.1, 0.15) is 15.9 Å². The number of hydrogen-bond donors (Lipinski definition) is 2. The van der Waals surface area contributed by atoms with Gasteiger partial charge in [0.25, 0.3) is 11.5 Å². The number of H-pyrrole nitrogens is 1. The van der Waals surface area contributed by atoms with Crippen LogP contribution in [0.15, 0.2) is 71.7 Å². The zero-order valence-corrected chi connectivity index (χ0v) is 15.7. The number of carbonyl (C=O) groups excluding carboxylic acids is 2. The Hall–Kier alpha value is -3.74. The van der Waals surface area contributed by atoms with E-state index in [1.165, 1.54) is 11.1 Å². The molecule has 2 heterocycles. The number of benzene rings is 2. The molecule has 1 aromatic heterocycles. The van der Waals surface area contributed by atoms with Crippen molar-refractivity contribution >= 4 is 11.8 Å². The molecule has 3 aromatic rings. The van der Waals surface area contributed by atoms with E-state index in [2.05, 4.69) is 15.3 Å². The minimum absolute atomic E-state index is 0.0718. The summed E-state index contributed by atoms with van der Waals surface area (Å²) in [6.07, 6.45) is 1.67. The van der Waals surface area contributed by atoms with E-state index in [9.17, 15) is 14.4 Å². The molecule has 146 valence electrons. The monoisotopic (exact) mass is 388 g/mol. The average molecular weight is 388 g/mol. The van der Waals surface area contributed by atoms with Crippen LogP contribution in [0.25, 0.3) is 11.4 Å². The van der Waals surface area contributed by atoms with Crippen LogP contribution in [0, 0.1) is 0 Å². The largest absolute Gasteiger partial charge is 0.353 e. The molecule has 1 aliphatic heterocycles. The predicted octanol–water partition coefficient (Wildman–Crippen LogP) is 1.62. The number of amides is 2. The molecule has 7 nitrogen and oxygen atoms in total. The molecule has 2 amide bonds. The van der Waals surface area contributed by atoms with Crippen LogP contribution >= 0.6 is 0 Å². The fourth-order valence-electron chi connectivity index (χ4n) is 3.44. The maximum absolute atomic E-state index is 13.1. The molecule has 29 heavy (non-hydrogen) atoms. The Bertz CT molecular complexity index is 1080. The Morgan fingerprint density at radius 3 is 2.41 bits per heavy atom. The van der Waals surface area contributed by atoms with E-state index in [0.717, 1.165) is 11.1 Å². The molecule has 2 aromatic carbocycles. The average Bonchev–Trinajstić information content (AvgIpc) is 2.76. The first-order chi connectivity index (χ1) is 14.1. The number of rotatable bonds is 4. The zero-order valence-electron chi connectivity index (χ0n) is 15.7. The normalized spacial score (nSPS) is 16.3. The number of nitrogens with one attached hydrogen (secondary N) is 2. The highest BCUT2D eigenvalue weighted by molar-refractivity contribution is 5.98. The Labute approximate surface area is 167 Å². The van der Waals surface area contributed by atoms with Gasteiger partial charge in [-0.05, 0) is 5.56 Å². The van der Waals surface area contributed by atoms with Gasteiger partial charge in [0, 0.05) is 31.3 Å². The topological polar surface area (TPSA) is 95.2 Å². The molecular formula is C22H20N4O3. The van der Waals surface area contributed by atoms with Crippen LogP contribution in [0.4, 0.5) is 0 Å². The Morgan fingerprint density at radius 2 is 1.72 bits per heavy atom. The van der Waals surface area contributed by atoms with E-state index in [1.807, 2.05) is 60.7 Å². The Balaban J connectivity index is 1.61. The molecule has 7 heteroatoms. The van der Waals surface area contributed by atoms with Crippen molar-refractivity contribution < 1.29 is 9.59 Å². The van der Waals surface area contributed by atoms with Crippen LogP contribution in [0.2, 0.25) is 0 Å². The molecular weight excluding hydrogens is 368 g/mol. The first kappa shape index (κ1) is 18.6. The third kappa shape index (κ3) is 3.94. The smallest absolute Gasteiger partial charge is 0.264 e. The summed E-state index contributed by atoms with van der Waals surface area (Å²) >= 11 is 0. The SMILES string of the molecule is O=C1NCCN(C(=O)c2cnc(-c3ccccc3)[nH]c2=O)[C@H]1Cc1ccccc1. The highest BCUT2D eigenvalue weighted by atomic mass is 16.2. The minimum Gasteiger partial charge on any atom is -0.353 e. The second kappa shape index (κ2) is 8.10. The molecule has 0 spiro atoms. The van der Waals surface area contributed by atoms with Gasteiger partial charge in [0.2, 0.25) is 5.91 Å². The molecule has 0 saturated carbocycles. The highest BCUT2D eigenvalue weighted by Gasteiger charge is 2.34. The van der Waals surface area contributed by atoms with Crippen molar-refractivity contribution in [2.45, 2.75) is 12.5 Å². The lowest BCUT2D eigenvalue weighted by atomic mass is 10.0. The molecule has 1 fully saturated rings. The zero-order chi connectivity index (χ0) is 20.2. The van der Waals surface area contributed by atoms with Crippen molar-refractivity contribution in [3.63, 3.8) is 0 Å². The lowest BCUT2D eigenvalue weighted by Gasteiger charge is -2.35. The number of aromatic amines is 1. The molecule has 1 atom stereocenters. The molecule has 0 bridgehead atoms. The number of carbonyl (C=O) groups is 2. The lowest BCUT2D eigenvalue weighted by molar-refractivity contribution is -0.127. The Morgan fingerprint density at radius 1 is 1.03 bits per heavy atom. The maximum Gasteiger partial charge on any atom is 0.264 e. The summed E-state index contributed by atoms with van der Waals surface area (Å²) in [6.45, 7) is 0.686. The second-order valence-corrected chi connectivity index (χ2v) is 6.84. The van der Waals surface area contributed by atoms with Gasteiger partial charge < -0.3 is 15.2 Å². The van der Waals surface area contributed by atoms with Crippen molar-refractivity contribution in [3.05, 3.63) is 88.3 Å². The van der Waals surface area contributed by atoms with E-state index in [1.54, 1.807) is 0 Å². The van der Waals surface area contributed by atoms with Gasteiger partial charge in [0.15, 0.2) is 0 Å². The van der Waals surface area contributed by atoms with E-state index < -0.39 is 17.5 Å². The first-order valence-corrected chi connectivity index (χ1v) is 9.41. The number of piperazine rings is 1. The fourth-order valence-corrected chi connectivity index (χ4v) is 3.44. The van der Waals surface area contributed by atoms with Crippen molar-refractivity contribution in [2.75, 3.05) is 13.1 Å². The predicted molar refractivity (Wildman–Crippen MR) is 108 cm³/mol. The quantitative estimate of drug-likeness (QED) is 0.710. The fraction of sp³-hybridized carbons (Fsp3) is 0.182. The molecule has 0 aliphatic carbocycles. The van der Waals surface area contributed by atoms with Crippen LogP contribution in [-0.2, 0) is 11.2 Å². The third-order valence-corrected chi connectivity index (χ3v) is 4.94. The standard InChI is InChI=1S/C22H20N4O3/c27-20-17(14-24-19(25-20)16-9-5-2-6-10-16)22(29)26-12-11-23-21(28)18(26)13-15-7-3-1-4-8-15/h1-10,14,18H,11-13H2,(H,23,28)(H,24,25,27)/t18-/m0/s1. The molecule has 1 saturated heterocycles. The Kier molecular flexibility index (Phi) is 5.20. The summed E-state index contributed by atoms with van der Waals surface area (Å²) in [6, 6.07) is 18.0. The summed E-state index contributed by atoms with van der Waals surface area (Å²) in [5.41, 5.74) is 1.10. The van der Waals surface area contributed by atoms with Crippen molar-refractivity contribution in [3.8, 4) is 11.4 Å². The van der Waals surface area contributed by atoms with Gasteiger partial charge in [0.1, 0.15) is 17.4 Å². The van der Waals surface area contributed by atoms with Gasteiger partial charge in [-0.25, -0.2) is 4.98 Å². The van der Waals surface area contributed by atoms with E-state index in [0.29, 0.717) is 25.3 Å². The van der Waals surface area contributed by atoms with Crippen LogP contribution < -0.4 is 10.9 Å². The van der Waals surface area contributed by atoms with Crippen molar-refractivity contribution in [2.24, 2.45) is 0 Å². The second-order valence-electron chi connectivity index (χ2n) is 6.84. The summed E-state index contributed by atoms with van der Waals surface area (Å²) in [5.74, 6) is -0.322. The van der Waals surface area contributed by atoms with E-state index in [-0.39, 0.29) is 11.5 Å². The van der Waals surface area contributed by atoms with Gasteiger partial charge in [-0.2, -0.15) is 0 Å². The summed E-state index contributed by atoms with van der Waals surface area (Å²) < 4.78 is 0. The third-order valence-electron chi connectivity index (χ3n) is 4.94. The van der Waals surface area contributed by atoms with Gasteiger partial charge in [-0.3, -0.25) is 14.4 Å². The number of nitrogens with zero attached hydrogens (tertiary/aromatic N) is 2. The van der Waals surface area contributed by atoms with Gasteiger partial charge in [-0.15, -0.1) is 0 Å². The summed E-state index contributed by atoms with van der Waals surface area (Å²) in [7, 11) is 0. The minimum atomic E-state index is -0.674. The van der Waals surface area contributed by atoms with Crippen LogP contribution in [0.3, 0.4) is 0 Å². The van der Waals surface area contributed by atoms with Crippen LogP contribution in [-0.4, -0.2) is 45.8 Å². The molecule has 1 aliphatic rings. The van der Waals surface area contributed by atoms with Gasteiger partial charge in [-0.1, -0.05) is 60.7 Å². The van der Waals surface area contributed by atoms with Crippen molar-refractivity contribution in [1.82, 2.24) is 20.2 Å².